The highest BCUT2D eigenvalue weighted by Gasteiger charge is 2.13. The van der Waals surface area contributed by atoms with E-state index in [0.29, 0.717) is 6.61 Å². The summed E-state index contributed by atoms with van der Waals surface area (Å²) in [5.74, 6) is 0.177. The quantitative estimate of drug-likeness (QED) is 0.218. The molecule has 25 heavy (non-hydrogen) atoms. The molecule has 0 aliphatic heterocycles. The molecule has 128 valence electrons. The fourth-order valence-corrected chi connectivity index (χ4v) is 4.17. The normalized spacial score (nSPS) is 10.9. The first-order chi connectivity index (χ1) is 12.0. The van der Waals surface area contributed by atoms with Gasteiger partial charge in [-0.25, -0.2) is 4.79 Å². The number of ether oxygens (including phenoxy) is 2. The van der Waals surface area contributed by atoms with Crippen molar-refractivity contribution < 1.29 is 14.3 Å². The van der Waals surface area contributed by atoms with Gasteiger partial charge in [0.2, 0.25) is 0 Å². The molecule has 0 bridgehead atoms. The Morgan fingerprint density at radius 3 is 2.40 bits per heavy atom. The van der Waals surface area contributed by atoms with Crippen molar-refractivity contribution in [1.82, 2.24) is 0 Å². The maximum absolute atomic E-state index is 11.7. The first kappa shape index (κ1) is 19.7. The van der Waals surface area contributed by atoms with E-state index in [-0.39, 0.29) is 12.2 Å². The highest BCUT2D eigenvalue weighted by Crippen LogP contribution is 2.30. The second-order valence-electron chi connectivity index (χ2n) is 4.98. The molecule has 0 atom stereocenters. The van der Waals surface area contributed by atoms with E-state index >= 15 is 0 Å². The van der Waals surface area contributed by atoms with Crippen LogP contribution in [0, 0.1) is 18.5 Å². The summed E-state index contributed by atoms with van der Waals surface area (Å²) in [6, 6.07) is 15.6. The molecule has 0 saturated carbocycles. The minimum atomic E-state index is -0.612. The zero-order valence-electron chi connectivity index (χ0n) is 13.5. The lowest BCUT2D eigenvalue weighted by Crippen LogP contribution is -2.06. The van der Waals surface area contributed by atoms with Crippen LogP contribution in [0.25, 0.3) is 6.08 Å². The summed E-state index contributed by atoms with van der Waals surface area (Å²) in [6.45, 7) is 2.42. The zero-order valence-corrected chi connectivity index (χ0v) is 17.8. The van der Waals surface area contributed by atoms with Gasteiger partial charge in [-0.1, -0.05) is 30.3 Å². The van der Waals surface area contributed by atoms with Crippen molar-refractivity contribution in [3.8, 4) is 11.8 Å². The molecule has 0 amide bonds. The molecule has 2 aromatic carbocycles. The van der Waals surface area contributed by atoms with Crippen molar-refractivity contribution in [2.24, 2.45) is 0 Å². The monoisotopic (exact) mass is 559 g/mol. The number of nitriles is 1. The second-order valence-corrected chi connectivity index (χ2v) is 7.30. The Morgan fingerprint density at radius 1 is 1.20 bits per heavy atom. The molecule has 2 aromatic rings. The summed E-state index contributed by atoms with van der Waals surface area (Å²) >= 11 is 4.38. The van der Waals surface area contributed by atoms with Crippen LogP contribution in [0.3, 0.4) is 0 Å². The second kappa shape index (κ2) is 9.77. The summed E-state index contributed by atoms with van der Waals surface area (Å²) < 4.78 is 12.6. The Balaban J connectivity index is 2.22. The van der Waals surface area contributed by atoms with Gasteiger partial charge >= 0.3 is 5.97 Å². The van der Waals surface area contributed by atoms with Crippen LogP contribution in [0.2, 0.25) is 0 Å². The molecule has 0 aromatic heterocycles. The van der Waals surface area contributed by atoms with Crippen LogP contribution in [0.1, 0.15) is 18.1 Å². The third-order valence-electron chi connectivity index (χ3n) is 3.17. The number of rotatable bonds is 6. The molecule has 0 spiro atoms. The van der Waals surface area contributed by atoms with Gasteiger partial charge in [-0.05, 0) is 81.4 Å². The van der Waals surface area contributed by atoms with Crippen molar-refractivity contribution in [3.63, 3.8) is 0 Å². The number of carbonyl (C=O) groups is 1. The largest absolute Gasteiger partial charge is 0.487 e. The molecular weight excluding hydrogens is 544 g/mol. The predicted octanol–water partition coefficient (Wildman–Crippen LogP) is 4.94. The number of benzene rings is 2. The van der Waals surface area contributed by atoms with Gasteiger partial charge in [-0.3, -0.25) is 0 Å². The minimum Gasteiger partial charge on any atom is -0.487 e. The number of hydrogen-bond acceptors (Lipinski definition) is 4. The average molecular weight is 559 g/mol. The molecule has 0 saturated heterocycles. The first-order valence-corrected chi connectivity index (χ1v) is 9.65. The smallest absolute Gasteiger partial charge is 0.348 e. The van der Waals surface area contributed by atoms with E-state index in [1.165, 1.54) is 6.08 Å². The maximum Gasteiger partial charge on any atom is 0.348 e. The van der Waals surface area contributed by atoms with E-state index in [1.807, 2.05) is 48.5 Å². The summed E-state index contributed by atoms with van der Waals surface area (Å²) in [4.78, 5) is 11.7. The van der Waals surface area contributed by atoms with Crippen molar-refractivity contribution in [1.29, 1.82) is 5.26 Å². The summed E-state index contributed by atoms with van der Waals surface area (Å²) in [5.41, 5.74) is 1.82. The van der Waals surface area contributed by atoms with E-state index in [4.69, 9.17) is 14.7 Å². The molecule has 6 heteroatoms. The highest BCUT2D eigenvalue weighted by molar-refractivity contribution is 14.1. The van der Waals surface area contributed by atoms with Gasteiger partial charge in [0.25, 0.3) is 0 Å². The van der Waals surface area contributed by atoms with E-state index in [1.54, 1.807) is 6.92 Å². The molecule has 0 heterocycles. The van der Waals surface area contributed by atoms with Crippen molar-refractivity contribution in [2.45, 2.75) is 13.5 Å². The molecule has 0 fully saturated rings. The number of carbonyl (C=O) groups excluding carboxylic acids is 1. The first-order valence-electron chi connectivity index (χ1n) is 7.49. The number of hydrogen-bond donors (Lipinski definition) is 0. The number of esters is 1. The molecule has 0 unspecified atom stereocenters. The third-order valence-corrected chi connectivity index (χ3v) is 4.78. The number of halogens is 2. The standard InChI is InChI=1S/C19H15I2NO3/c1-2-24-19(23)15(11-22)8-14-9-16(20)18(17(21)10-14)25-12-13-6-4-3-5-7-13/h3-10H,2,12H2,1H3/b15-8+. The molecule has 4 nitrogen and oxygen atoms in total. The van der Waals surface area contributed by atoms with Crippen molar-refractivity contribution in [2.75, 3.05) is 6.61 Å². The average Bonchev–Trinajstić information content (AvgIpc) is 2.60. The van der Waals surface area contributed by atoms with Crippen molar-refractivity contribution in [3.05, 3.63) is 66.3 Å². The minimum absolute atomic E-state index is 0.0218. The Morgan fingerprint density at radius 2 is 1.84 bits per heavy atom. The van der Waals surface area contributed by atoms with Crippen LogP contribution in [0.15, 0.2) is 48.0 Å². The zero-order chi connectivity index (χ0) is 18.2. The summed E-state index contributed by atoms with van der Waals surface area (Å²) in [7, 11) is 0. The number of nitrogens with zero attached hydrogens (tertiary/aromatic N) is 1. The third kappa shape index (κ3) is 5.71. The highest BCUT2D eigenvalue weighted by atomic mass is 127. The lowest BCUT2D eigenvalue weighted by molar-refractivity contribution is -0.137. The van der Waals surface area contributed by atoms with Gasteiger partial charge in [0.05, 0.1) is 13.7 Å². The molecule has 0 aliphatic rings. The van der Waals surface area contributed by atoms with Crippen LogP contribution >= 0.6 is 45.2 Å². The van der Waals surface area contributed by atoms with Crippen LogP contribution in [-0.4, -0.2) is 12.6 Å². The van der Waals surface area contributed by atoms with Gasteiger partial charge in [0, 0.05) is 0 Å². The van der Waals surface area contributed by atoms with Gasteiger partial charge < -0.3 is 9.47 Å². The molecular formula is C19H15I2NO3. The Labute approximate surface area is 174 Å². The van der Waals surface area contributed by atoms with Crippen LogP contribution < -0.4 is 4.74 Å². The van der Waals surface area contributed by atoms with Crippen LogP contribution in [0.5, 0.6) is 5.75 Å². The summed E-state index contributed by atoms with van der Waals surface area (Å²) in [6.07, 6.45) is 1.53. The topological polar surface area (TPSA) is 59.3 Å². The lowest BCUT2D eigenvalue weighted by Gasteiger charge is -2.11. The van der Waals surface area contributed by atoms with E-state index in [0.717, 1.165) is 24.0 Å². The Kier molecular flexibility index (Phi) is 7.71. The SMILES string of the molecule is CCOC(=O)/C(C#N)=C/c1cc(I)c(OCc2ccccc2)c(I)c1. The van der Waals surface area contributed by atoms with Gasteiger partial charge in [0.15, 0.2) is 0 Å². The Hall–Kier alpha value is -1.60. The molecule has 0 aliphatic carbocycles. The van der Waals surface area contributed by atoms with Gasteiger partial charge in [0.1, 0.15) is 24.0 Å². The van der Waals surface area contributed by atoms with Crippen molar-refractivity contribution >= 4 is 57.2 Å². The Bertz CT molecular complexity index is 803. The molecule has 2 rings (SSSR count). The summed E-state index contributed by atoms with van der Waals surface area (Å²) in [5, 5.41) is 9.14. The lowest BCUT2D eigenvalue weighted by atomic mass is 10.1. The van der Waals surface area contributed by atoms with E-state index in [9.17, 15) is 4.79 Å². The van der Waals surface area contributed by atoms with Gasteiger partial charge in [-0.2, -0.15) is 5.26 Å². The fourth-order valence-electron chi connectivity index (χ4n) is 2.04. The molecule has 0 radical (unpaired) electrons. The van der Waals surface area contributed by atoms with E-state index < -0.39 is 5.97 Å². The maximum atomic E-state index is 11.7. The van der Waals surface area contributed by atoms with Crippen LogP contribution in [-0.2, 0) is 16.1 Å². The van der Waals surface area contributed by atoms with Gasteiger partial charge in [-0.15, -0.1) is 0 Å². The molecule has 0 N–H and O–H groups in total. The van der Waals surface area contributed by atoms with Crippen LogP contribution in [0.4, 0.5) is 0 Å². The fraction of sp³-hybridized carbons (Fsp3) is 0.158. The predicted molar refractivity (Wildman–Crippen MR) is 113 cm³/mol. The van der Waals surface area contributed by atoms with E-state index in [2.05, 4.69) is 45.2 Å².